The van der Waals surface area contributed by atoms with E-state index >= 15 is 0 Å². The summed E-state index contributed by atoms with van der Waals surface area (Å²) in [7, 11) is 1.85. The van der Waals surface area contributed by atoms with Crippen molar-refractivity contribution in [2.75, 3.05) is 20.1 Å². The number of nitrogens with zero attached hydrogens (tertiary/aromatic N) is 1. The molecule has 1 aromatic carbocycles. The zero-order chi connectivity index (χ0) is 17.3. The first kappa shape index (κ1) is 17.1. The minimum atomic E-state index is -4.72. The standard InChI is InChI=1S/C17H21F3N2O2/c1-21-10-11-5-4-8-22(11)16(23)14-9-13(14)12-6-2-3-7-15(12)24-17(18,19)20/h2-3,6-7,11,13-14,21H,4-5,8-10H2,1H3/t11-,13+,14-/m0/s1. The van der Waals surface area contributed by atoms with Gasteiger partial charge in [0.2, 0.25) is 5.91 Å². The first-order valence-corrected chi connectivity index (χ1v) is 8.20. The van der Waals surface area contributed by atoms with Crippen LogP contribution in [0.5, 0.6) is 5.75 Å². The van der Waals surface area contributed by atoms with Crippen molar-refractivity contribution >= 4 is 5.91 Å². The number of para-hydroxylation sites is 1. The fourth-order valence-electron chi connectivity index (χ4n) is 3.60. The number of hydrogen-bond acceptors (Lipinski definition) is 3. The van der Waals surface area contributed by atoms with Gasteiger partial charge in [0, 0.05) is 25.0 Å². The fraction of sp³-hybridized carbons (Fsp3) is 0.588. The van der Waals surface area contributed by atoms with Crippen molar-refractivity contribution in [3.8, 4) is 5.75 Å². The van der Waals surface area contributed by atoms with Gasteiger partial charge in [-0.3, -0.25) is 4.79 Å². The Kier molecular flexibility index (Phi) is 4.71. The maximum Gasteiger partial charge on any atom is 0.573 e. The van der Waals surface area contributed by atoms with Crippen LogP contribution in [-0.4, -0.2) is 43.3 Å². The normalized spacial score (nSPS) is 26.5. The molecule has 0 aromatic heterocycles. The van der Waals surface area contributed by atoms with E-state index in [0.29, 0.717) is 12.0 Å². The fourth-order valence-corrected chi connectivity index (χ4v) is 3.60. The van der Waals surface area contributed by atoms with E-state index in [0.717, 1.165) is 25.9 Å². The highest BCUT2D eigenvalue weighted by Crippen LogP contribution is 2.52. The molecule has 3 atom stereocenters. The Balaban J connectivity index is 1.70. The van der Waals surface area contributed by atoms with Gasteiger partial charge in [0.1, 0.15) is 5.75 Å². The number of rotatable bonds is 5. The molecule has 1 saturated carbocycles. The van der Waals surface area contributed by atoms with Crippen LogP contribution in [0.1, 0.15) is 30.7 Å². The Hall–Kier alpha value is -1.76. The molecule has 1 amide bonds. The number of ether oxygens (including phenoxy) is 1. The Labute approximate surface area is 139 Å². The van der Waals surface area contributed by atoms with Crippen LogP contribution in [0.15, 0.2) is 24.3 Å². The minimum Gasteiger partial charge on any atom is -0.405 e. The molecule has 4 nitrogen and oxygen atoms in total. The highest BCUT2D eigenvalue weighted by molar-refractivity contribution is 5.83. The van der Waals surface area contributed by atoms with Crippen LogP contribution < -0.4 is 10.1 Å². The molecule has 1 aliphatic heterocycles. The van der Waals surface area contributed by atoms with Crippen LogP contribution in [0.4, 0.5) is 13.2 Å². The van der Waals surface area contributed by atoms with Crippen molar-refractivity contribution in [3.63, 3.8) is 0 Å². The summed E-state index contributed by atoms with van der Waals surface area (Å²) in [6.07, 6.45) is -2.20. The Morgan fingerprint density at radius 3 is 2.83 bits per heavy atom. The maximum atomic E-state index is 12.7. The quantitative estimate of drug-likeness (QED) is 0.895. The third kappa shape index (κ3) is 3.66. The average molecular weight is 342 g/mol. The van der Waals surface area contributed by atoms with Crippen molar-refractivity contribution in [2.24, 2.45) is 5.92 Å². The summed E-state index contributed by atoms with van der Waals surface area (Å²) in [5.41, 5.74) is 0.470. The van der Waals surface area contributed by atoms with Crippen molar-refractivity contribution in [1.82, 2.24) is 10.2 Å². The lowest BCUT2D eigenvalue weighted by Crippen LogP contribution is -2.41. The lowest BCUT2D eigenvalue weighted by atomic mass is 10.1. The van der Waals surface area contributed by atoms with Gasteiger partial charge in [-0.2, -0.15) is 0 Å². The van der Waals surface area contributed by atoms with E-state index in [2.05, 4.69) is 10.1 Å². The number of alkyl halides is 3. The number of amides is 1. The first-order valence-electron chi connectivity index (χ1n) is 8.20. The van der Waals surface area contributed by atoms with Gasteiger partial charge in [-0.1, -0.05) is 18.2 Å². The van der Waals surface area contributed by atoms with Gasteiger partial charge in [-0.15, -0.1) is 13.2 Å². The molecule has 1 aliphatic carbocycles. The molecular formula is C17H21F3N2O2. The second-order valence-electron chi connectivity index (χ2n) is 6.42. The van der Waals surface area contributed by atoms with Crippen LogP contribution >= 0.6 is 0 Å². The zero-order valence-corrected chi connectivity index (χ0v) is 13.5. The summed E-state index contributed by atoms with van der Waals surface area (Å²) in [6.45, 7) is 1.48. The molecule has 7 heteroatoms. The lowest BCUT2D eigenvalue weighted by molar-refractivity contribution is -0.274. The van der Waals surface area contributed by atoms with Gasteiger partial charge in [-0.05, 0) is 43.9 Å². The highest BCUT2D eigenvalue weighted by Gasteiger charge is 2.49. The Bertz CT molecular complexity index is 606. The van der Waals surface area contributed by atoms with Gasteiger partial charge < -0.3 is 15.0 Å². The lowest BCUT2D eigenvalue weighted by Gasteiger charge is -2.25. The van der Waals surface area contributed by atoms with Crippen molar-refractivity contribution in [1.29, 1.82) is 0 Å². The van der Waals surface area contributed by atoms with E-state index in [9.17, 15) is 18.0 Å². The number of halogens is 3. The second-order valence-corrected chi connectivity index (χ2v) is 6.42. The number of benzene rings is 1. The minimum absolute atomic E-state index is 0.0551. The summed E-state index contributed by atoms with van der Waals surface area (Å²) >= 11 is 0. The number of carbonyl (C=O) groups is 1. The Morgan fingerprint density at radius 1 is 1.38 bits per heavy atom. The first-order chi connectivity index (χ1) is 11.4. The predicted octanol–water partition coefficient (Wildman–Crippen LogP) is 2.90. The van der Waals surface area contributed by atoms with E-state index in [1.807, 2.05) is 11.9 Å². The summed E-state index contributed by atoms with van der Waals surface area (Å²) in [5.74, 6) is -0.564. The molecule has 1 aromatic rings. The third-order valence-corrected chi connectivity index (χ3v) is 4.75. The summed E-state index contributed by atoms with van der Waals surface area (Å²) in [5, 5.41) is 3.09. The molecule has 0 radical (unpaired) electrons. The van der Waals surface area contributed by atoms with E-state index in [-0.39, 0.29) is 29.5 Å². The molecule has 0 bridgehead atoms. The summed E-state index contributed by atoms with van der Waals surface area (Å²) in [6, 6.07) is 6.30. The van der Waals surface area contributed by atoms with Crippen LogP contribution in [0.3, 0.4) is 0 Å². The molecule has 1 saturated heterocycles. The smallest absolute Gasteiger partial charge is 0.405 e. The molecule has 132 valence electrons. The molecule has 1 heterocycles. The molecule has 2 aliphatic rings. The van der Waals surface area contributed by atoms with Gasteiger partial charge in [0.05, 0.1) is 0 Å². The van der Waals surface area contributed by atoms with Gasteiger partial charge in [-0.25, -0.2) is 0 Å². The number of likely N-dealkylation sites (tertiary alicyclic amines) is 1. The van der Waals surface area contributed by atoms with Crippen LogP contribution in [0.2, 0.25) is 0 Å². The van der Waals surface area contributed by atoms with Gasteiger partial charge in [0.15, 0.2) is 0 Å². The molecule has 1 N–H and O–H groups in total. The molecular weight excluding hydrogens is 321 g/mol. The van der Waals surface area contributed by atoms with E-state index in [1.165, 1.54) is 12.1 Å². The Morgan fingerprint density at radius 2 is 2.12 bits per heavy atom. The highest BCUT2D eigenvalue weighted by atomic mass is 19.4. The zero-order valence-electron chi connectivity index (χ0n) is 13.5. The topological polar surface area (TPSA) is 41.6 Å². The van der Waals surface area contributed by atoms with Crippen molar-refractivity contribution in [3.05, 3.63) is 29.8 Å². The number of nitrogens with one attached hydrogen (secondary N) is 1. The second kappa shape index (κ2) is 6.63. The van der Waals surface area contributed by atoms with Gasteiger partial charge in [0.25, 0.3) is 0 Å². The maximum absolute atomic E-state index is 12.7. The molecule has 2 fully saturated rings. The van der Waals surface area contributed by atoms with Gasteiger partial charge >= 0.3 is 6.36 Å². The largest absolute Gasteiger partial charge is 0.573 e. The van der Waals surface area contributed by atoms with Crippen LogP contribution in [0.25, 0.3) is 0 Å². The molecule has 0 unspecified atom stereocenters. The van der Waals surface area contributed by atoms with Crippen molar-refractivity contribution < 1.29 is 22.7 Å². The van der Waals surface area contributed by atoms with Crippen LogP contribution in [0, 0.1) is 5.92 Å². The SMILES string of the molecule is CNC[C@@H]1CCCN1C(=O)[C@H]1C[C@@H]1c1ccccc1OC(F)(F)F. The summed E-state index contributed by atoms with van der Waals surface area (Å²) in [4.78, 5) is 14.6. The molecule has 0 spiro atoms. The van der Waals surface area contributed by atoms with E-state index < -0.39 is 6.36 Å². The van der Waals surface area contributed by atoms with Crippen molar-refractivity contribution in [2.45, 2.75) is 37.6 Å². The molecule has 3 rings (SSSR count). The monoisotopic (exact) mass is 342 g/mol. The predicted molar refractivity (Wildman–Crippen MR) is 82.6 cm³/mol. The van der Waals surface area contributed by atoms with E-state index in [4.69, 9.17) is 0 Å². The number of carbonyl (C=O) groups excluding carboxylic acids is 1. The number of likely N-dealkylation sites (N-methyl/N-ethyl adjacent to an activating group) is 1. The van der Waals surface area contributed by atoms with Crippen LogP contribution in [-0.2, 0) is 4.79 Å². The molecule has 24 heavy (non-hydrogen) atoms. The summed E-state index contributed by atoms with van der Waals surface area (Å²) < 4.78 is 41.7. The third-order valence-electron chi connectivity index (χ3n) is 4.75. The average Bonchev–Trinajstić information content (AvgIpc) is 3.17. The number of hydrogen-bond donors (Lipinski definition) is 1. The van der Waals surface area contributed by atoms with E-state index in [1.54, 1.807) is 12.1 Å².